The molecule has 196 valence electrons. The summed E-state index contributed by atoms with van der Waals surface area (Å²) in [6.45, 7) is 2.64. The van der Waals surface area contributed by atoms with E-state index in [1.165, 1.54) is 28.6 Å². The fourth-order valence-corrected chi connectivity index (χ4v) is 4.33. The molecule has 1 unspecified atom stereocenters. The van der Waals surface area contributed by atoms with Crippen molar-refractivity contribution in [3.63, 3.8) is 0 Å². The number of aromatic nitrogens is 1. The molecule has 3 rings (SSSR count). The Labute approximate surface area is 207 Å². The summed E-state index contributed by atoms with van der Waals surface area (Å²) in [5.41, 5.74) is 5.17. The van der Waals surface area contributed by atoms with E-state index in [-0.39, 0.29) is 28.7 Å². The quantitative estimate of drug-likeness (QED) is 0.228. The highest BCUT2D eigenvalue weighted by Gasteiger charge is 2.29. The number of nitrogens with two attached hydrogens (primary N) is 1. The van der Waals surface area contributed by atoms with Crippen molar-refractivity contribution in [2.75, 3.05) is 25.0 Å². The number of carbonyl (C=O) groups excluding carboxylic acids is 1. The monoisotopic (exact) mass is 530 g/mol. The maximum absolute atomic E-state index is 14.7. The molecule has 0 bridgehead atoms. The van der Waals surface area contributed by atoms with E-state index in [0.717, 1.165) is 25.1 Å². The van der Waals surface area contributed by atoms with Gasteiger partial charge in [-0.1, -0.05) is 0 Å². The van der Waals surface area contributed by atoms with Crippen molar-refractivity contribution in [2.24, 2.45) is 15.1 Å². The van der Waals surface area contributed by atoms with Gasteiger partial charge < -0.3 is 15.8 Å². The van der Waals surface area contributed by atoms with Gasteiger partial charge in [-0.3, -0.25) is 9.10 Å². The van der Waals surface area contributed by atoms with Crippen LogP contribution in [0.2, 0.25) is 0 Å². The molecule has 1 aliphatic heterocycles. The molecule has 1 aliphatic rings. The van der Waals surface area contributed by atoms with Gasteiger partial charge in [0.2, 0.25) is 5.96 Å². The highest BCUT2D eigenvalue weighted by molar-refractivity contribution is 7.73. The zero-order valence-corrected chi connectivity index (χ0v) is 20.4. The van der Waals surface area contributed by atoms with Crippen molar-refractivity contribution in [2.45, 2.75) is 38.4 Å². The number of aliphatic imine (C=N–C) groups is 1. The van der Waals surface area contributed by atoms with E-state index >= 15 is 0 Å². The number of benzene rings is 1. The Hall–Kier alpha value is -3.42. The zero-order chi connectivity index (χ0) is 26.5. The summed E-state index contributed by atoms with van der Waals surface area (Å²) in [6.07, 6.45) is -1.99. The summed E-state index contributed by atoms with van der Waals surface area (Å²) in [5.74, 6) is -1.44. The number of anilines is 1. The van der Waals surface area contributed by atoms with Gasteiger partial charge in [0, 0.05) is 24.3 Å². The topological polar surface area (TPSA) is 122 Å². The number of nitrogens with one attached hydrogen (secondary N) is 1. The molecule has 0 spiro atoms. The minimum atomic E-state index is -4.50. The fraction of sp³-hybridized carbons (Fsp3) is 0.409. The van der Waals surface area contributed by atoms with E-state index in [4.69, 9.17) is 5.73 Å². The lowest BCUT2D eigenvalue weighted by atomic mass is 9.94. The second-order valence-electron chi connectivity index (χ2n) is 8.41. The Morgan fingerprint density at radius 1 is 1.25 bits per heavy atom. The van der Waals surface area contributed by atoms with Crippen LogP contribution in [0.3, 0.4) is 0 Å². The summed E-state index contributed by atoms with van der Waals surface area (Å²) in [4.78, 5) is 20.8. The average molecular weight is 531 g/mol. The minimum Gasteiger partial charge on any atom is -0.483 e. The third kappa shape index (κ3) is 7.29. The Kier molecular flexibility index (Phi) is 8.38. The Morgan fingerprint density at radius 2 is 2.00 bits per heavy atom. The Balaban J connectivity index is 1.76. The highest BCUT2D eigenvalue weighted by atomic mass is 32.2. The van der Waals surface area contributed by atoms with Gasteiger partial charge >= 0.3 is 6.18 Å². The summed E-state index contributed by atoms with van der Waals surface area (Å²) in [5, 5.41) is 2.56. The van der Waals surface area contributed by atoms with Crippen molar-refractivity contribution in [3.05, 3.63) is 53.6 Å². The van der Waals surface area contributed by atoms with Crippen molar-refractivity contribution in [1.29, 1.82) is 0 Å². The van der Waals surface area contributed by atoms with Crippen molar-refractivity contribution < 1.29 is 31.3 Å². The maximum atomic E-state index is 14.7. The van der Waals surface area contributed by atoms with Crippen molar-refractivity contribution >= 4 is 28.3 Å². The first-order valence-corrected chi connectivity index (χ1v) is 12.1. The number of halogens is 4. The molecule has 0 saturated heterocycles. The van der Waals surface area contributed by atoms with Gasteiger partial charge in [-0.15, -0.1) is 0 Å². The lowest BCUT2D eigenvalue weighted by molar-refractivity contribution is -0.153. The number of thiol groups is 1. The number of carbonyl (C=O) groups is 1. The summed E-state index contributed by atoms with van der Waals surface area (Å²) in [6, 6.07) is 6.27. The average Bonchev–Trinajstić information content (AvgIpc) is 3.02. The van der Waals surface area contributed by atoms with E-state index in [1.54, 1.807) is 13.8 Å². The van der Waals surface area contributed by atoms with Gasteiger partial charge in [0.1, 0.15) is 28.0 Å². The number of hydrogen-bond acceptors (Lipinski definition) is 6. The first-order valence-electron chi connectivity index (χ1n) is 10.9. The molecule has 1 aromatic carbocycles. The molecule has 1 atom stereocenters. The molecule has 1 aromatic heterocycles. The molecule has 0 saturated carbocycles. The van der Waals surface area contributed by atoms with Crippen molar-refractivity contribution in [3.8, 4) is 5.75 Å². The van der Waals surface area contributed by atoms with Gasteiger partial charge in [0.15, 0.2) is 6.61 Å². The number of hydrogen-bond donors (Lipinski definition) is 3. The summed E-state index contributed by atoms with van der Waals surface area (Å²) >= 11 is 0. The third-order valence-corrected chi connectivity index (χ3v) is 6.38. The van der Waals surface area contributed by atoms with E-state index in [0.29, 0.717) is 13.1 Å². The number of amides is 1. The predicted molar refractivity (Wildman–Crippen MR) is 128 cm³/mol. The molecular weight excluding hydrogens is 504 g/mol. The standard InChI is InChI=1S/C22H26F4N6O3S/c1-21(2,31-20(27)32-10-4-3-9-29-36(32)34)16-11-14(5-7-17(16)23)30-19(33)18-8-6-15(12-28-18)35-13-22(24,25)26/h5-8,11-12,36H,3-4,9-10,13H2,1-2H3,(H2,27,31)(H,30,33). The SMILES string of the molecule is CC(C)(/N=C(/N)N1CCCCN=[SH]1=O)c1cc(NC(=O)c2ccc(OCC(F)(F)F)cn2)ccc1F. The molecule has 0 radical (unpaired) electrons. The number of guanidine groups is 1. The second kappa shape index (κ2) is 11.1. The van der Waals surface area contributed by atoms with Crippen LogP contribution in [0, 0.1) is 5.82 Å². The first-order chi connectivity index (χ1) is 16.9. The Bertz CT molecular complexity index is 1210. The molecule has 2 aromatic rings. The number of nitrogens with zero attached hydrogens (tertiary/aromatic N) is 4. The smallest absolute Gasteiger partial charge is 0.422 e. The normalized spacial score (nSPS) is 17.2. The van der Waals surface area contributed by atoms with Crippen LogP contribution >= 0.6 is 0 Å². The number of rotatable bonds is 6. The molecule has 36 heavy (non-hydrogen) atoms. The maximum Gasteiger partial charge on any atom is 0.422 e. The molecule has 0 aliphatic carbocycles. The van der Waals surface area contributed by atoms with Crippen LogP contribution in [0.25, 0.3) is 0 Å². The molecule has 1 amide bonds. The molecule has 9 nitrogen and oxygen atoms in total. The molecule has 2 heterocycles. The van der Waals surface area contributed by atoms with E-state index < -0.39 is 40.8 Å². The molecule has 14 heteroatoms. The van der Waals surface area contributed by atoms with Gasteiger partial charge in [-0.05, 0) is 57.0 Å². The van der Waals surface area contributed by atoms with Crippen LogP contribution in [0.1, 0.15) is 42.7 Å². The van der Waals surface area contributed by atoms with E-state index in [9.17, 15) is 26.6 Å². The largest absolute Gasteiger partial charge is 0.483 e. The van der Waals surface area contributed by atoms with Gasteiger partial charge in [-0.2, -0.15) is 13.2 Å². The second-order valence-corrected chi connectivity index (χ2v) is 9.68. The lowest BCUT2D eigenvalue weighted by Gasteiger charge is -2.25. The zero-order valence-electron chi connectivity index (χ0n) is 19.5. The lowest BCUT2D eigenvalue weighted by Crippen LogP contribution is -2.38. The van der Waals surface area contributed by atoms with Crippen LogP contribution in [0.15, 0.2) is 45.9 Å². The van der Waals surface area contributed by atoms with Crippen LogP contribution in [0.5, 0.6) is 5.75 Å². The number of alkyl halides is 3. The summed E-state index contributed by atoms with van der Waals surface area (Å²) < 4.78 is 73.8. The van der Waals surface area contributed by atoms with Crippen LogP contribution < -0.4 is 15.8 Å². The molecular formula is C22H26F4N6O3S. The predicted octanol–water partition coefficient (Wildman–Crippen LogP) is 3.64. The third-order valence-electron chi connectivity index (χ3n) is 5.12. The van der Waals surface area contributed by atoms with Crippen LogP contribution in [0.4, 0.5) is 23.2 Å². The number of ether oxygens (including phenoxy) is 1. The number of pyridine rings is 1. The van der Waals surface area contributed by atoms with Crippen LogP contribution in [-0.2, 0) is 16.3 Å². The summed E-state index contributed by atoms with van der Waals surface area (Å²) in [7, 11) is -2.08. The Morgan fingerprint density at radius 3 is 2.67 bits per heavy atom. The minimum absolute atomic E-state index is 0.0300. The molecule has 3 N–H and O–H groups in total. The van der Waals surface area contributed by atoms with E-state index in [2.05, 4.69) is 24.4 Å². The van der Waals surface area contributed by atoms with Gasteiger partial charge in [-0.25, -0.2) is 22.9 Å². The first kappa shape index (κ1) is 27.2. The van der Waals surface area contributed by atoms with Gasteiger partial charge in [0.05, 0.1) is 11.7 Å². The highest BCUT2D eigenvalue weighted by Crippen LogP contribution is 2.30. The molecule has 0 fully saturated rings. The van der Waals surface area contributed by atoms with Crippen molar-refractivity contribution in [1.82, 2.24) is 9.29 Å². The fourth-order valence-electron chi connectivity index (χ4n) is 3.33. The van der Waals surface area contributed by atoms with Gasteiger partial charge in [0.25, 0.3) is 5.91 Å². The van der Waals surface area contributed by atoms with E-state index in [1.807, 2.05) is 0 Å². The van der Waals surface area contributed by atoms with Crippen LogP contribution in [-0.4, -0.2) is 51.2 Å².